The minimum absolute atomic E-state index is 0. The molecule has 31 heavy (non-hydrogen) atoms. The summed E-state index contributed by atoms with van der Waals surface area (Å²) in [5.74, 6) is 0.693. The second-order valence-corrected chi connectivity index (χ2v) is 7.63. The highest BCUT2D eigenvalue weighted by Gasteiger charge is 2.10. The van der Waals surface area contributed by atoms with Crippen molar-refractivity contribution in [2.75, 3.05) is 6.54 Å². The van der Waals surface area contributed by atoms with Gasteiger partial charge < -0.3 is 10.1 Å². The predicted octanol–water partition coefficient (Wildman–Crippen LogP) is 6.97. The Labute approximate surface area is 193 Å². The molecule has 0 heterocycles. The van der Waals surface area contributed by atoms with E-state index in [0.717, 1.165) is 27.8 Å². The highest BCUT2D eigenvalue weighted by molar-refractivity contribution is 6.30. The Morgan fingerprint density at radius 1 is 0.839 bits per heavy atom. The van der Waals surface area contributed by atoms with Crippen LogP contribution in [0.15, 0.2) is 84.9 Å². The molecule has 2 nitrogen and oxygen atoms in total. The van der Waals surface area contributed by atoms with Crippen molar-refractivity contribution in [1.29, 1.82) is 0 Å². The molecular formula is C26H24Cl2FNO. The molecule has 0 aliphatic carbocycles. The SMILES string of the molecule is Cl.Fc1ccccc1CCNCc1c(OCc2ccc(Cl)cc2)ccc2ccccc12. The molecule has 4 aromatic rings. The molecule has 0 spiro atoms. The summed E-state index contributed by atoms with van der Waals surface area (Å²) in [4.78, 5) is 0. The van der Waals surface area contributed by atoms with Crippen LogP contribution in [-0.4, -0.2) is 6.54 Å². The van der Waals surface area contributed by atoms with Gasteiger partial charge in [0.1, 0.15) is 18.2 Å². The van der Waals surface area contributed by atoms with E-state index in [4.69, 9.17) is 16.3 Å². The van der Waals surface area contributed by atoms with Gasteiger partial charge in [-0.1, -0.05) is 72.3 Å². The molecule has 0 radical (unpaired) electrons. The summed E-state index contributed by atoms with van der Waals surface area (Å²) >= 11 is 5.97. The van der Waals surface area contributed by atoms with Crippen LogP contribution in [0.4, 0.5) is 4.39 Å². The van der Waals surface area contributed by atoms with E-state index in [9.17, 15) is 4.39 Å². The van der Waals surface area contributed by atoms with Gasteiger partial charge >= 0.3 is 0 Å². The Morgan fingerprint density at radius 2 is 1.58 bits per heavy atom. The van der Waals surface area contributed by atoms with E-state index in [1.54, 1.807) is 6.07 Å². The molecule has 0 unspecified atom stereocenters. The van der Waals surface area contributed by atoms with Crippen molar-refractivity contribution in [2.45, 2.75) is 19.6 Å². The number of halogens is 3. The highest BCUT2D eigenvalue weighted by atomic mass is 35.5. The number of hydrogen-bond acceptors (Lipinski definition) is 2. The molecule has 0 aliphatic rings. The molecule has 1 N–H and O–H groups in total. The Balaban J connectivity index is 0.00000272. The van der Waals surface area contributed by atoms with Gasteiger partial charge in [0, 0.05) is 17.1 Å². The van der Waals surface area contributed by atoms with Gasteiger partial charge in [-0.15, -0.1) is 12.4 Å². The maximum Gasteiger partial charge on any atom is 0.126 e. The summed E-state index contributed by atoms with van der Waals surface area (Å²) in [5.41, 5.74) is 2.89. The maximum atomic E-state index is 13.8. The number of rotatable bonds is 8. The lowest BCUT2D eigenvalue weighted by Crippen LogP contribution is -2.18. The first-order valence-electron chi connectivity index (χ1n) is 10.0. The Bertz CT molecular complexity index is 1130. The predicted molar refractivity (Wildman–Crippen MR) is 129 cm³/mol. The number of hydrogen-bond donors (Lipinski definition) is 1. The van der Waals surface area contributed by atoms with Gasteiger partial charge in [-0.3, -0.25) is 0 Å². The summed E-state index contributed by atoms with van der Waals surface area (Å²) in [5, 5.41) is 6.49. The smallest absolute Gasteiger partial charge is 0.126 e. The Kier molecular flexibility index (Phi) is 8.30. The van der Waals surface area contributed by atoms with E-state index in [2.05, 4.69) is 23.5 Å². The molecule has 0 atom stereocenters. The lowest BCUT2D eigenvalue weighted by atomic mass is 10.0. The molecule has 0 saturated carbocycles. The zero-order valence-electron chi connectivity index (χ0n) is 17.0. The van der Waals surface area contributed by atoms with E-state index in [-0.39, 0.29) is 18.2 Å². The van der Waals surface area contributed by atoms with Crippen molar-refractivity contribution in [3.05, 3.63) is 112 Å². The molecule has 0 aliphatic heterocycles. The molecule has 4 aromatic carbocycles. The van der Waals surface area contributed by atoms with Gasteiger partial charge in [0.2, 0.25) is 0 Å². The van der Waals surface area contributed by atoms with Gasteiger partial charge in [0.05, 0.1) is 0 Å². The summed E-state index contributed by atoms with van der Waals surface area (Å²) in [6, 6.07) is 27.0. The van der Waals surface area contributed by atoms with Crippen LogP contribution in [-0.2, 0) is 19.6 Å². The van der Waals surface area contributed by atoms with E-state index in [0.29, 0.717) is 31.1 Å². The third kappa shape index (κ3) is 5.98. The number of benzene rings is 4. The first kappa shape index (κ1) is 23.1. The molecule has 0 saturated heterocycles. The second-order valence-electron chi connectivity index (χ2n) is 7.20. The second kappa shape index (κ2) is 11.1. The highest BCUT2D eigenvalue weighted by Crippen LogP contribution is 2.29. The first-order chi connectivity index (χ1) is 14.7. The van der Waals surface area contributed by atoms with Crippen LogP contribution in [0.25, 0.3) is 10.8 Å². The van der Waals surface area contributed by atoms with Crippen molar-refractivity contribution >= 4 is 34.8 Å². The van der Waals surface area contributed by atoms with Gasteiger partial charge in [-0.05, 0) is 59.1 Å². The fraction of sp³-hybridized carbons (Fsp3) is 0.154. The van der Waals surface area contributed by atoms with Crippen LogP contribution in [0.1, 0.15) is 16.7 Å². The molecule has 5 heteroatoms. The van der Waals surface area contributed by atoms with E-state index in [1.807, 2.05) is 54.6 Å². The van der Waals surface area contributed by atoms with Crippen molar-refractivity contribution in [3.8, 4) is 5.75 Å². The maximum absolute atomic E-state index is 13.8. The van der Waals surface area contributed by atoms with Crippen LogP contribution >= 0.6 is 24.0 Å². The minimum Gasteiger partial charge on any atom is -0.489 e. The summed E-state index contributed by atoms with van der Waals surface area (Å²) < 4.78 is 20.0. The van der Waals surface area contributed by atoms with Crippen molar-refractivity contribution in [3.63, 3.8) is 0 Å². The van der Waals surface area contributed by atoms with E-state index in [1.165, 1.54) is 11.5 Å². The van der Waals surface area contributed by atoms with Gasteiger partial charge in [0.25, 0.3) is 0 Å². The van der Waals surface area contributed by atoms with Crippen LogP contribution in [0.3, 0.4) is 0 Å². The molecule has 0 bridgehead atoms. The molecular weight excluding hydrogens is 432 g/mol. The topological polar surface area (TPSA) is 21.3 Å². The first-order valence-corrected chi connectivity index (χ1v) is 10.4. The van der Waals surface area contributed by atoms with E-state index >= 15 is 0 Å². The van der Waals surface area contributed by atoms with Crippen molar-refractivity contribution < 1.29 is 9.13 Å². The summed E-state index contributed by atoms with van der Waals surface area (Å²) in [6.45, 7) is 1.80. The lowest BCUT2D eigenvalue weighted by molar-refractivity contribution is 0.303. The lowest BCUT2D eigenvalue weighted by Gasteiger charge is -2.15. The molecule has 0 aromatic heterocycles. The van der Waals surface area contributed by atoms with Crippen LogP contribution in [0, 0.1) is 5.82 Å². The van der Waals surface area contributed by atoms with Crippen LogP contribution in [0.5, 0.6) is 5.75 Å². The third-order valence-corrected chi connectivity index (χ3v) is 5.39. The standard InChI is InChI=1S/C26H23ClFNO.ClH/c27-22-12-9-19(10-13-22)18-30-26-14-11-20-5-1-3-7-23(20)24(26)17-29-16-15-21-6-2-4-8-25(21)28;/h1-14,29H,15-18H2;1H. The van der Waals surface area contributed by atoms with E-state index < -0.39 is 0 Å². The Hall–Kier alpha value is -2.59. The molecule has 0 fully saturated rings. The van der Waals surface area contributed by atoms with Crippen LogP contribution in [0.2, 0.25) is 5.02 Å². The molecule has 160 valence electrons. The fourth-order valence-electron chi connectivity index (χ4n) is 3.51. The minimum atomic E-state index is -0.156. The molecule has 4 rings (SSSR count). The number of nitrogens with one attached hydrogen (secondary N) is 1. The van der Waals surface area contributed by atoms with Gasteiger partial charge in [-0.25, -0.2) is 4.39 Å². The zero-order valence-corrected chi connectivity index (χ0v) is 18.6. The fourth-order valence-corrected chi connectivity index (χ4v) is 3.64. The monoisotopic (exact) mass is 455 g/mol. The third-order valence-electron chi connectivity index (χ3n) is 5.14. The quantitative estimate of drug-likeness (QED) is 0.289. The van der Waals surface area contributed by atoms with Crippen LogP contribution < -0.4 is 10.1 Å². The van der Waals surface area contributed by atoms with Crippen molar-refractivity contribution in [1.82, 2.24) is 5.32 Å². The zero-order chi connectivity index (χ0) is 20.8. The summed E-state index contributed by atoms with van der Waals surface area (Å²) in [7, 11) is 0. The Morgan fingerprint density at radius 3 is 2.39 bits per heavy atom. The average molecular weight is 456 g/mol. The average Bonchev–Trinajstić information content (AvgIpc) is 2.78. The number of ether oxygens (including phenoxy) is 1. The van der Waals surface area contributed by atoms with Gasteiger partial charge in [-0.2, -0.15) is 0 Å². The largest absolute Gasteiger partial charge is 0.489 e. The molecule has 0 amide bonds. The number of fused-ring (bicyclic) bond motifs is 1. The van der Waals surface area contributed by atoms with Gasteiger partial charge in [0.15, 0.2) is 0 Å². The van der Waals surface area contributed by atoms with Crippen molar-refractivity contribution in [2.24, 2.45) is 0 Å². The normalized spacial score (nSPS) is 10.6. The summed E-state index contributed by atoms with van der Waals surface area (Å²) in [6.07, 6.45) is 0.637.